The number of aliphatic hydroxyl groups is 1. The van der Waals surface area contributed by atoms with Gasteiger partial charge in [-0.05, 0) is 36.8 Å². The van der Waals surface area contributed by atoms with E-state index in [1.54, 1.807) is 0 Å². The Morgan fingerprint density at radius 1 is 1.33 bits per heavy atom. The first kappa shape index (κ1) is 16.0. The number of amides is 1. The van der Waals surface area contributed by atoms with Crippen LogP contribution in [-0.2, 0) is 11.2 Å². The van der Waals surface area contributed by atoms with Crippen molar-refractivity contribution in [2.75, 3.05) is 6.54 Å². The Hall–Kier alpha value is -1.39. The van der Waals surface area contributed by atoms with E-state index in [-0.39, 0.29) is 18.0 Å². The molecule has 0 aliphatic carbocycles. The second kappa shape index (κ2) is 7.05. The molecule has 3 unspecified atom stereocenters. The normalized spacial score (nSPS) is 23.3. The minimum absolute atomic E-state index is 0.0230. The van der Waals surface area contributed by atoms with Gasteiger partial charge in [-0.2, -0.15) is 0 Å². The minimum Gasteiger partial charge on any atom is -0.392 e. The van der Waals surface area contributed by atoms with Crippen LogP contribution in [0.15, 0.2) is 24.3 Å². The van der Waals surface area contributed by atoms with Gasteiger partial charge in [-0.25, -0.2) is 0 Å². The summed E-state index contributed by atoms with van der Waals surface area (Å²) in [6.45, 7) is 6.90. The van der Waals surface area contributed by atoms with Crippen LogP contribution in [0, 0.1) is 5.92 Å². The maximum absolute atomic E-state index is 12.1. The standard InChI is InChI=1S/C17H26N2O2/c1-11(2)8-13-4-6-14(7-5-13)12(3)19-17(21)16-9-15(20)10-18-16/h4-7,11-12,15-16,18,20H,8-10H2,1-3H3,(H,19,21). The van der Waals surface area contributed by atoms with Crippen LogP contribution >= 0.6 is 0 Å². The van der Waals surface area contributed by atoms with Gasteiger partial charge >= 0.3 is 0 Å². The summed E-state index contributed by atoms with van der Waals surface area (Å²) in [6, 6.07) is 8.14. The third-order valence-electron chi connectivity index (χ3n) is 3.91. The molecule has 4 nitrogen and oxygen atoms in total. The Labute approximate surface area is 126 Å². The van der Waals surface area contributed by atoms with Crippen LogP contribution < -0.4 is 10.6 Å². The number of hydrogen-bond donors (Lipinski definition) is 3. The van der Waals surface area contributed by atoms with Crippen LogP contribution in [0.4, 0.5) is 0 Å². The number of nitrogens with one attached hydrogen (secondary N) is 2. The molecule has 1 aliphatic heterocycles. The molecule has 0 spiro atoms. The average Bonchev–Trinajstić information content (AvgIpc) is 2.85. The van der Waals surface area contributed by atoms with Crippen molar-refractivity contribution in [3.05, 3.63) is 35.4 Å². The fourth-order valence-corrected chi connectivity index (χ4v) is 2.73. The van der Waals surface area contributed by atoms with Crippen molar-refractivity contribution in [2.24, 2.45) is 5.92 Å². The summed E-state index contributed by atoms with van der Waals surface area (Å²) in [6.07, 6.45) is 1.16. The SMILES string of the molecule is CC(C)Cc1ccc(C(C)NC(=O)C2CC(O)CN2)cc1. The lowest BCUT2D eigenvalue weighted by molar-refractivity contribution is -0.123. The maximum atomic E-state index is 12.1. The lowest BCUT2D eigenvalue weighted by atomic mass is 10.00. The molecule has 1 aromatic rings. The molecule has 1 aromatic carbocycles. The second-order valence-electron chi connectivity index (χ2n) is 6.42. The van der Waals surface area contributed by atoms with Gasteiger partial charge in [0.2, 0.25) is 5.91 Å². The van der Waals surface area contributed by atoms with Crippen LogP contribution in [-0.4, -0.2) is 29.7 Å². The van der Waals surface area contributed by atoms with Crippen LogP contribution in [0.5, 0.6) is 0 Å². The highest BCUT2D eigenvalue weighted by atomic mass is 16.3. The summed E-state index contributed by atoms with van der Waals surface area (Å²) in [5.74, 6) is 0.609. The van der Waals surface area contributed by atoms with Gasteiger partial charge < -0.3 is 15.7 Å². The fraction of sp³-hybridized carbons (Fsp3) is 0.588. The van der Waals surface area contributed by atoms with E-state index >= 15 is 0 Å². The Morgan fingerprint density at radius 3 is 2.52 bits per heavy atom. The Balaban J connectivity index is 1.90. The van der Waals surface area contributed by atoms with Crippen molar-refractivity contribution >= 4 is 5.91 Å². The van der Waals surface area contributed by atoms with Gasteiger partial charge in [0.1, 0.15) is 0 Å². The number of rotatable bonds is 5. The molecule has 1 amide bonds. The monoisotopic (exact) mass is 290 g/mol. The molecule has 0 saturated carbocycles. The first-order chi connectivity index (χ1) is 9.95. The molecule has 1 fully saturated rings. The minimum atomic E-state index is -0.411. The Bertz CT molecular complexity index is 470. The molecule has 1 aliphatic rings. The third-order valence-corrected chi connectivity index (χ3v) is 3.91. The highest BCUT2D eigenvalue weighted by molar-refractivity contribution is 5.82. The topological polar surface area (TPSA) is 61.4 Å². The predicted octanol–water partition coefficient (Wildman–Crippen LogP) is 1.79. The summed E-state index contributed by atoms with van der Waals surface area (Å²) >= 11 is 0. The number of benzene rings is 1. The number of hydrogen-bond acceptors (Lipinski definition) is 3. The van der Waals surface area contributed by atoms with Gasteiger partial charge in [0.25, 0.3) is 0 Å². The molecule has 0 radical (unpaired) electrons. The molecule has 4 heteroatoms. The predicted molar refractivity (Wildman–Crippen MR) is 84.0 cm³/mol. The highest BCUT2D eigenvalue weighted by Crippen LogP contribution is 2.16. The summed E-state index contributed by atoms with van der Waals surface area (Å²) in [5.41, 5.74) is 2.43. The number of β-amino-alcohol motifs (C(OH)–C–C–N with tert-alkyl or cyclic N) is 1. The largest absolute Gasteiger partial charge is 0.392 e. The van der Waals surface area contributed by atoms with Crippen molar-refractivity contribution in [3.63, 3.8) is 0 Å². The van der Waals surface area contributed by atoms with Gasteiger partial charge in [-0.15, -0.1) is 0 Å². The van der Waals surface area contributed by atoms with E-state index in [1.807, 2.05) is 6.92 Å². The van der Waals surface area contributed by atoms with E-state index in [0.29, 0.717) is 18.9 Å². The zero-order valence-corrected chi connectivity index (χ0v) is 13.1. The summed E-state index contributed by atoms with van der Waals surface area (Å²) in [7, 11) is 0. The van der Waals surface area contributed by atoms with Gasteiger partial charge in [0.15, 0.2) is 0 Å². The zero-order chi connectivity index (χ0) is 15.4. The van der Waals surface area contributed by atoms with Crippen molar-refractivity contribution in [3.8, 4) is 0 Å². The molecule has 3 atom stereocenters. The van der Waals surface area contributed by atoms with Crippen LogP contribution in [0.2, 0.25) is 0 Å². The van der Waals surface area contributed by atoms with Crippen molar-refractivity contribution < 1.29 is 9.90 Å². The maximum Gasteiger partial charge on any atom is 0.237 e. The summed E-state index contributed by atoms with van der Waals surface area (Å²) < 4.78 is 0. The molecule has 2 rings (SSSR count). The average molecular weight is 290 g/mol. The van der Waals surface area contributed by atoms with E-state index in [9.17, 15) is 9.90 Å². The van der Waals surface area contributed by atoms with Gasteiger partial charge in [-0.3, -0.25) is 4.79 Å². The summed E-state index contributed by atoms with van der Waals surface area (Å²) in [5, 5.41) is 15.5. The molecule has 0 aromatic heterocycles. The first-order valence-electron chi connectivity index (χ1n) is 7.76. The molecule has 0 bridgehead atoms. The molecule has 1 saturated heterocycles. The number of carbonyl (C=O) groups excluding carboxylic acids is 1. The van der Waals surface area contributed by atoms with Crippen molar-refractivity contribution in [2.45, 2.75) is 51.8 Å². The summed E-state index contributed by atoms with van der Waals surface area (Å²) in [4.78, 5) is 12.1. The molecule has 3 N–H and O–H groups in total. The van der Waals surface area contributed by atoms with Crippen LogP contribution in [0.3, 0.4) is 0 Å². The second-order valence-corrected chi connectivity index (χ2v) is 6.42. The highest BCUT2D eigenvalue weighted by Gasteiger charge is 2.28. The van der Waals surface area contributed by atoms with Gasteiger partial charge in [-0.1, -0.05) is 38.1 Å². The first-order valence-corrected chi connectivity index (χ1v) is 7.76. The Kier molecular flexibility index (Phi) is 5.37. The van der Waals surface area contributed by atoms with Crippen molar-refractivity contribution in [1.29, 1.82) is 0 Å². The van der Waals surface area contributed by atoms with Gasteiger partial charge in [0, 0.05) is 6.54 Å². The fourth-order valence-electron chi connectivity index (χ4n) is 2.73. The van der Waals surface area contributed by atoms with Gasteiger partial charge in [0.05, 0.1) is 18.2 Å². The van der Waals surface area contributed by atoms with E-state index in [0.717, 1.165) is 12.0 Å². The smallest absolute Gasteiger partial charge is 0.237 e. The molecular weight excluding hydrogens is 264 g/mol. The lowest BCUT2D eigenvalue weighted by Crippen LogP contribution is -2.41. The molecular formula is C17H26N2O2. The van der Waals surface area contributed by atoms with Crippen LogP contribution in [0.1, 0.15) is 44.4 Å². The van der Waals surface area contributed by atoms with E-state index < -0.39 is 6.10 Å². The molecule has 116 valence electrons. The number of carbonyl (C=O) groups is 1. The van der Waals surface area contributed by atoms with E-state index in [1.165, 1.54) is 5.56 Å². The lowest BCUT2D eigenvalue weighted by Gasteiger charge is -2.18. The molecule has 21 heavy (non-hydrogen) atoms. The Morgan fingerprint density at radius 2 is 2.00 bits per heavy atom. The van der Waals surface area contributed by atoms with E-state index in [2.05, 4.69) is 48.7 Å². The zero-order valence-electron chi connectivity index (χ0n) is 13.1. The van der Waals surface area contributed by atoms with E-state index in [4.69, 9.17) is 0 Å². The third kappa shape index (κ3) is 4.55. The molecule has 1 heterocycles. The van der Waals surface area contributed by atoms with Crippen LogP contribution in [0.25, 0.3) is 0 Å². The van der Waals surface area contributed by atoms with Crippen molar-refractivity contribution in [1.82, 2.24) is 10.6 Å². The number of aliphatic hydroxyl groups excluding tert-OH is 1. The quantitative estimate of drug-likeness (QED) is 0.775.